The van der Waals surface area contributed by atoms with E-state index in [2.05, 4.69) is 64.1 Å². The molecule has 0 saturated heterocycles. The zero-order chi connectivity index (χ0) is 17.8. The number of allylic oxidation sites excluding steroid dienone is 2. The van der Waals surface area contributed by atoms with Crippen LogP contribution in [0.1, 0.15) is 32.0 Å². The molecular weight excluding hydrogens is 308 g/mol. The third kappa shape index (κ3) is 2.30. The average molecular weight is 332 g/mol. The fourth-order valence-electron chi connectivity index (χ4n) is 3.80. The Kier molecular flexibility index (Phi) is 3.50. The van der Waals surface area contributed by atoms with Gasteiger partial charge in [-0.05, 0) is 37.5 Å². The van der Waals surface area contributed by atoms with Gasteiger partial charge in [0.2, 0.25) is 0 Å². The van der Waals surface area contributed by atoms with Crippen molar-refractivity contribution < 1.29 is 4.42 Å². The summed E-state index contributed by atoms with van der Waals surface area (Å²) in [6.45, 7) is 8.78. The number of hydrogen-bond donors (Lipinski definition) is 0. The fourth-order valence-corrected chi connectivity index (χ4v) is 3.80. The summed E-state index contributed by atoms with van der Waals surface area (Å²) in [6.07, 6.45) is 8.66. The molecule has 1 atom stereocenters. The molecule has 1 aliphatic rings. The Labute approximate surface area is 148 Å². The molecule has 3 nitrogen and oxygen atoms in total. The molecule has 1 aromatic carbocycles. The Morgan fingerprint density at radius 3 is 2.68 bits per heavy atom. The van der Waals surface area contributed by atoms with Crippen LogP contribution in [0.4, 0.5) is 0 Å². The minimum Gasteiger partial charge on any atom is -0.456 e. The highest BCUT2D eigenvalue weighted by atomic mass is 16.3. The van der Waals surface area contributed by atoms with Crippen molar-refractivity contribution in [2.24, 2.45) is 5.92 Å². The van der Waals surface area contributed by atoms with Crippen LogP contribution in [0.5, 0.6) is 0 Å². The lowest BCUT2D eigenvalue weighted by molar-refractivity contribution is 0.256. The zero-order valence-electron chi connectivity index (χ0n) is 15.5. The van der Waals surface area contributed by atoms with Gasteiger partial charge in [-0.2, -0.15) is 0 Å². The van der Waals surface area contributed by atoms with Crippen LogP contribution in [0.2, 0.25) is 0 Å². The zero-order valence-corrected chi connectivity index (χ0v) is 15.5. The monoisotopic (exact) mass is 332 g/mol. The maximum absolute atomic E-state index is 6.31. The van der Waals surface area contributed by atoms with E-state index in [1.807, 2.05) is 24.4 Å². The van der Waals surface area contributed by atoms with Crippen molar-refractivity contribution in [1.82, 2.24) is 9.88 Å². The number of benzene rings is 1. The molecule has 25 heavy (non-hydrogen) atoms. The lowest BCUT2D eigenvalue weighted by Crippen LogP contribution is -2.39. The molecule has 4 rings (SSSR count). The smallest absolute Gasteiger partial charge is 0.144 e. The van der Waals surface area contributed by atoms with Gasteiger partial charge in [0.15, 0.2) is 0 Å². The Balaban J connectivity index is 2.06. The molecule has 1 aliphatic heterocycles. The molecule has 128 valence electrons. The molecule has 0 aliphatic carbocycles. The van der Waals surface area contributed by atoms with Gasteiger partial charge < -0.3 is 9.32 Å². The van der Waals surface area contributed by atoms with Crippen molar-refractivity contribution in [1.29, 1.82) is 0 Å². The van der Waals surface area contributed by atoms with Crippen LogP contribution in [-0.2, 0) is 5.54 Å². The molecule has 0 amide bonds. The van der Waals surface area contributed by atoms with Crippen LogP contribution in [0, 0.1) is 12.8 Å². The molecule has 3 heteroatoms. The molecule has 2 aromatic heterocycles. The van der Waals surface area contributed by atoms with E-state index in [-0.39, 0.29) is 5.54 Å². The summed E-state index contributed by atoms with van der Waals surface area (Å²) in [4.78, 5) is 6.96. The van der Waals surface area contributed by atoms with Crippen LogP contribution in [0.15, 0.2) is 58.8 Å². The molecule has 0 radical (unpaired) electrons. The molecule has 3 aromatic rings. The summed E-state index contributed by atoms with van der Waals surface area (Å²) >= 11 is 0. The first kappa shape index (κ1) is 15.9. The number of nitrogens with zero attached hydrogens (tertiary/aromatic N) is 2. The summed E-state index contributed by atoms with van der Waals surface area (Å²) < 4.78 is 6.31. The number of aryl methyl sites for hydroxylation is 1. The molecule has 0 N–H and O–H groups in total. The minimum atomic E-state index is -0.293. The molecular formula is C22H24N2O. The van der Waals surface area contributed by atoms with Crippen molar-refractivity contribution in [3.63, 3.8) is 0 Å². The third-order valence-electron chi connectivity index (χ3n) is 5.45. The topological polar surface area (TPSA) is 29.3 Å². The number of para-hydroxylation sites is 1. The highest BCUT2D eigenvalue weighted by molar-refractivity contribution is 6.05. The Hall–Kier alpha value is -2.55. The number of fused-ring (bicyclic) bond motifs is 3. The van der Waals surface area contributed by atoms with E-state index < -0.39 is 0 Å². The largest absolute Gasteiger partial charge is 0.456 e. The van der Waals surface area contributed by atoms with Crippen LogP contribution >= 0.6 is 0 Å². The molecule has 3 heterocycles. The van der Waals surface area contributed by atoms with Crippen molar-refractivity contribution in [2.45, 2.75) is 33.2 Å². The first-order valence-electron chi connectivity index (χ1n) is 8.83. The van der Waals surface area contributed by atoms with Gasteiger partial charge in [0.25, 0.3) is 0 Å². The summed E-state index contributed by atoms with van der Waals surface area (Å²) in [6, 6.07) is 8.18. The maximum atomic E-state index is 6.31. The van der Waals surface area contributed by atoms with Gasteiger partial charge >= 0.3 is 0 Å². The van der Waals surface area contributed by atoms with E-state index in [1.165, 1.54) is 5.57 Å². The number of rotatable bonds is 2. The highest BCUT2D eigenvalue weighted by Gasteiger charge is 2.35. The van der Waals surface area contributed by atoms with Crippen LogP contribution < -0.4 is 0 Å². The van der Waals surface area contributed by atoms with E-state index in [9.17, 15) is 0 Å². The third-order valence-corrected chi connectivity index (χ3v) is 5.45. The van der Waals surface area contributed by atoms with Gasteiger partial charge in [0, 0.05) is 41.5 Å². The first-order chi connectivity index (χ1) is 11.9. The molecule has 1 unspecified atom stereocenters. The fraction of sp³-hybridized carbons (Fsp3) is 0.318. The lowest BCUT2D eigenvalue weighted by atomic mass is 9.82. The second-order valence-electron chi connectivity index (χ2n) is 7.43. The van der Waals surface area contributed by atoms with Crippen molar-refractivity contribution in [3.05, 3.63) is 65.6 Å². The van der Waals surface area contributed by atoms with Crippen LogP contribution in [0.3, 0.4) is 0 Å². The maximum Gasteiger partial charge on any atom is 0.144 e. The molecule has 0 fully saturated rings. The Bertz CT molecular complexity index is 1030. The van der Waals surface area contributed by atoms with E-state index >= 15 is 0 Å². The normalized spacial score (nSPS) is 20.7. The second-order valence-corrected chi connectivity index (χ2v) is 7.43. The van der Waals surface area contributed by atoms with Gasteiger partial charge in [-0.3, -0.25) is 4.98 Å². The summed E-state index contributed by atoms with van der Waals surface area (Å²) in [5.74, 6) is 0.479. The van der Waals surface area contributed by atoms with Gasteiger partial charge in [-0.1, -0.05) is 38.1 Å². The predicted octanol–water partition coefficient (Wildman–Crippen LogP) is 5.55. The lowest BCUT2D eigenvalue weighted by Gasteiger charge is -2.40. The quantitative estimate of drug-likeness (QED) is 0.616. The summed E-state index contributed by atoms with van der Waals surface area (Å²) in [5, 5.41) is 2.21. The van der Waals surface area contributed by atoms with E-state index in [0.717, 1.165) is 33.2 Å². The predicted molar refractivity (Wildman–Crippen MR) is 103 cm³/mol. The number of furan rings is 1. The van der Waals surface area contributed by atoms with E-state index in [4.69, 9.17) is 9.40 Å². The number of pyridine rings is 1. The van der Waals surface area contributed by atoms with Gasteiger partial charge in [0.05, 0.1) is 5.54 Å². The number of hydrogen-bond acceptors (Lipinski definition) is 3. The molecule has 0 bridgehead atoms. The molecule has 0 saturated carbocycles. The van der Waals surface area contributed by atoms with Gasteiger partial charge in [-0.25, -0.2) is 0 Å². The Morgan fingerprint density at radius 2 is 1.92 bits per heavy atom. The second kappa shape index (κ2) is 5.48. The number of aromatic nitrogens is 1. The SMILES string of the molecule is Cc1ncc2c(oc3ccccc32)c1C1(C)C=C(C(C)C)C=CN1C. The number of likely N-dealkylation sites (N-methyl/N-ethyl adjacent to an activating group) is 1. The first-order valence-corrected chi connectivity index (χ1v) is 8.83. The Morgan fingerprint density at radius 1 is 1.16 bits per heavy atom. The summed E-state index contributed by atoms with van der Waals surface area (Å²) in [5.41, 5.74) is 5.06. The average Bonchev–Trinajstić information content (AvgIpc) is 2.95. The van der Waals surface area contributed by atoms with Crippen molar-refractivity contribution in [3.8, 4) is 0 Å². The standard InChI is InChI=1S/C22H24N2O/c1-14(2)16-10-11-24(5)22(4,12-16)20-15(3)23-13-18-17-8-6-7-9-19(17)25-21(18)20/h6-14H,1-5H3. The highest BCUT2D eigenvalue weighted by Crippen LogP contribution is 2.42. The molecule has 0 spiro atoms. The van der Waals surface area contributed by atoms with Crippen LogP contribution in [-0.4, -0.2) is 16.9 Å². The van der Waals surface area contributed by atoms with Crippen LogP contribution in [0.25, 0.3) is 21.9 Å². The minimum absolute atomic E-state index is 0.293. The van der Waals surface area contributed by atoms with Crippen molar-refractivity contribution >= 4 is 21.9 Å². The van der Waals surface area contributed by atoms with E-state index in [0.29, 0.717) is 5.92 Å². The van der Waals surface area contributed by atoms with Gasteiger partial charge in [-0.15, -0.1) is 0 Å². The van der Waals surface area contributed by atoms with Crippen molar-refractivity contribution in [2.75, 3.05) is 7.05 Å². The summed E-state index contributed by atoms with van der Waals surface area (Å²) in [7, 11) is 2.12. The van der Waals surface area contributed by atoms with Gasteiger partial charge in [0.1, 0.15) is 11.2 Å². The van der Waals surface area contributed by atoms with E-state index in [1.54, 1.807) is 0 Å².